The molecule has 0 radical (unpaired) electrons. The summed E-state index contributed by atoms with van der Waals surface area (Å²) in [5.41, 5.74) is 10.3. The number of rotatable bonds is 3. The maximum Gasteiger partial charge on any atom is 0.0719 e. The molecule has 0 saturated carbocycles. The number of benzene rings is 1. The van der Waals surface area contributed by atoms with Gasteiger partial charge in [-0.1, -0.05) is 32.0 Å². The van der Waals surface area contributed by atoms with Crippen molar-refractivity contribution in [2.45, 2.75) is 33.2 Å². The molecule has 1 heterocycles. The molecule has 3 nitrogen and oxygen atoms in total. The fourth-order valence-electron chi connectivity index (χ4n) is 1.98. The quantitative estimate of drug-likeness (QED) is 0.879. The van der Waals surface area contributed by atoms with Gasteiger partial charge < -0.3 is 5.73 Å². The van der Waals surface area contributed by atoms with Gasteiger partial charge >= 0.3 is 0 Å². The van der Waals surface area contributed by atoms with Crippen molar-refractivity contribution in [1.82, 2.24) is 9.78 Å². The zero-order chi connectivity index (χ0) is 12.4. The molecule has 3 heteroatoms. The number of aryl methyl sites for hydroxylation is 1. The fraction of sp³-hybridized carbons (Fsp3) is 0.357. The maximum absolute atomic E-state index is 5.78. The molecular formula is C14H19N3. The molecule has 0 aliphatic carbocycles. The lowest BCUT2D eigenvalue weighted by atomic mass is 10.1. The molecule has 0 saturated heterocycles. The number of para-hydroxylation sites is 1. The number of nitrogens with zero attached hydrogens (tertiary/aromatic N) is 2. The van der Waals surface area contributed by atoms with Crippen molar-refractivity contribution in [2.75, 3.05) is 0 Å². The van der Waals surface area contributed by atoms with Gasteiger partial charge in [0.15, 0.2) is 0 Å². The van der Waals surface area contributed by atoms with Crippen molar-refractivity contribution >= 4 is 0 Å². The highest BCUT2D eigenvalue weighted by Gasteiger charge is 2.09. The minimum Gasteiger partial charge on any atom is -0.326 e. The maximum atomic E-state index is 5.78. The molecule has 2 N–H and O–H groups in total. The summed E-state index contributed by atoms with van der Waals surface area (Å²) in [6.07, 6.45) is 2.01. The van der Waals surface area contributed by atoms with Crippen LogP contribution in [0.25, 0.3) is 5.69 Å². The van der Waals surface area contributed by atoms with E-state index in [2.05, 4.69) is 44.1 Å². The van der Waals surface area contributed by atoms with Crippen molar-refractivity contribution in [3.05, 3.63) is 47.3 Å². The van der Waals surface area contributed by atoms with Crippen LogP contribution in [0.15, 0.2) is 30.5 Å². The van der Waals surface area contributed by atoms with Crippen LogP contribution in [0, 0.1) is 6.92 Å². The third-order valence-corrected chi connectivity index (χ3v) is 2.97. The van der Waals surface area contributed by atoms with E-state index in [-0.39, 0.29) is 0 Å². The Labute approximate surface area is 102 Å². The molecule has 2 aromatic rings. The van der Waals surface area contributed by atoms with Gasteiger partial charge in [0, 0.05) is 12.7 Å². The van der Waals surface area contributed by atoms with Crippen LogP contribution in [0.5, 0.6) is 0 Å². The van der Waals surface area contributed by atoms with E-state index in [0.717, 1.165) is 16.9 Å². The Morgan fingerprint density at radius 2 is 2.06 bits per heavy atom. The largest absolute Gasteiger partial charge is 0.326 e. The first-order valence-corrected chi connectivity index (χ1v) is 5.98. The zero-order valence-electron chi connectivity index (χ0n) is 10.6. The van der Waals surface area contributed by atoms with Crippen molar-refractivity contribution < 1.29 is 0 Å². The molecule has 0 spiro atoms. The van der Waals surface area contributed by atoms with Crippen molar-refractivity contribution in [2.24, 2.45) is 5.73 Å². The molecule has 1 aromatic carbocycles. The van der Waals surface area contributed by atoms with Gasteiger partial charge in [0.25, 0.3) is 0 Å². The highest BCUT2D eigenvalue weighted by atomic mass is 15.3. The Bertz CT molecular complexity index is 512. The van der Waals surface area contributed by atoms with Gasteiger partial charge in [-0.05, 0) is 30.0 Å². The molecule has 2 rings (SSSR count). The summed E-state index contributed by atoms with van der Waals surface area (Å²) in [6, 6.07) is 8.25. The Morgan fingerprint density at radius 1 is 1.29 bits per heavy atom. The van der Waals surface area contributed by atoms with E-state index in [9.17, 15) is 0 Å². The summed E-state index contributed by atoms with van der Waals surface area (Å²) < 4.78 is 1.94. The molecule has 0 amide bonds. The number of nitrogens with two attached hydrogens (primary N) is 1. The molecule has 0 aliphatic rings. The third-order valence-electron chi connectivity index (χ3n) is 2.97. The second-order valence-electron chi connectivity index (χ2n) is 4.63. The highest BCUT2D eigenvalue weighted by Crippen LogP contribution is 2.20. The SMILES string of the molecule is Cc1cccc(CN)c1-n1ccc(C(C)C)n1. The van der Waals surface area contributed by atoms with Gasteiger partial charge in [0.05, 0.1) is 11.4 Å². The van der Waals surface area contributed by atoms with E-state index in [0.29, 0.717) is 12.5 Å². The van der Waals surface area contributed by atoms with Crippen LogP contribution in [-0.2, 0) is 6.54 Å². The minimum absolute atomic E-state index is 0.446. The monoisotopic (exact) mass is 229 g/mol. The first-order chi connectivity index (χ1) is 8.13. The highest BCUT2D eigenvalue weighted by molar-refractivity contribution is 5.47. The van der Waals surface area contributed by atoms with Gasteiger partial charge in [-0.25, -0.2) is 4.68 Å². The molecule has 1 aromatic heterocycles. The second kappa shape index (κ2) is 4.72. The van der Waals surface area contributed by atoms with Crippen LogP contribution in [0.2, 0.25) is 0 Å². The van der Waals surface area contributed by atoms with Crippen LogP contribution >= 0.6 is 0 Å². The van der Waals surface area contributed by atoms with Crippen LogP contribution < -0.4 is 5.73 Å². The van der Waals surface area contributed by atoms with Crippen LogP contribution in [0.3, 0.4) is 0 Å². The Hall–Kier alpha value is -1.61. The normalized spacial score (nSPS) is 11.1. The van der Waals surface area contributed by atoms with E-state index in [1.165, 1.54) is 5.56 Å². The topological polar surface area (TPSA) is 43.8 Å². The van der Waals surface area contributed by atoms with E-state index in [1.807, 2.05) is 16.9 Å². The average molecular weight is 229 g/mol. The van der Waals surface area contributed by atoms with E-state index in [4.69, 9.17) is 5.73 Å². The lowest BCUT2D eigenvalue weighted by Gasteiger charge is -2.11. The van der Waals surface area contributed by atoms with E-state index < -0.39 is 0 Å². The second-order valence-corrected chi connectivity index (χ2v) is 4.63. The summed E-state index contributed by atoms with van der Waals surface area (Å²) in [7, 11) is 0. The summed E-state index contributed by atoms with van der Waals surface area (Å²) in [5, 5.41) is 4.61. The fourth-order valence-corrected chi connectivity index (χ4v) is 1.98. The van der Waals surface area contributed by atoms with Gasteiger partial charge in [0.2, 0.25) is 0 Å². The zero-order valence-corrected chi connectivity index (χ0v) is 10.6. The Kier molecular flexibility index (Phi) is 3.29. The van der Waals surface area contributed by atoms with Crippen LogP contribution in [-0.4, -0.2) is 9.78 Å². The Morgan fingerprint density at radius 3 is 2.65 bits per heavy atom. The van der Waals surface area contributed by atoms with Crippen molar-refractivity contribution in [1.29, 1.82) is 0 Å². The molecule has 0 fully saturated rings. The predicted octanol–water partition coefficient (Wildman–Crippen LogP) is 2.76. The van der Waals surface area contributed by atoms with Gasteiger partial charge in [-0.3, -0.25) is 0 Å². The molecule has 0 unspecified atom stereocenters. The summed E-state index contributed by atoms with van der Waals surface area (Å²) in [6.45, 7) is 6.92. The number of hydrogen-bond acceptors (Lipinski definition) is 2. The van der Waals surface area contributed by atoms with Crippen molar-refractivity contribution in [3.8, 4) is 5.69 Å². The average Bonchev–Trinajstić information content (AvgIpc) is 2.77. The van der Waals surface area contributed by atoms with E-state index in [1.54, 1.807) is 0 Å². The van der Waals surface area contributed by atoms with Crippen LogP contribution in [0.1, 0.15) is 36.6 Å². The van der Waals surface area contributed by atoms with Crippen LogP contribution in [0.4, 0.5) is 0 Å². The molecule has 0 aliphatic heterocycles. The predicted molar refractivity (Wildman–Crippen MR) is 70.3 cm³/mol. The molecule has 0 bridgehead atoms. The molecule has 90 valence electrons. The first kappa shape index (κ1) is 11.9. The Balaban J connectivity index is 2.51. The lowest BCUT2D eigenvalue weighted by Crippen LogP contribution is -2.07. The summed E-state index contributed by atoms with van der Waals surface area (Å²) in [5.74, 6) is 0.446. The lowest BCUT2D eigenvalue weighted by molar-refractivity contribution is 0.761. The van der Waals surface area contributed by atoms with Crippen molar-refractivity contribution in [3.63, 3.8) is 0 Å². The summed E-state index contributed by atoms with van der Waals surface area (Å²) in [4.78, 5) is 0. The minimum atomic E-state index is 0.446. The van der Waals surface area contributed by atoms with Gasteiger partial charge in [-0.15, -0.1) is 0 Å². The summed E-state index contributed by atoms with van der Waals surface area (Å²) >= 11 is 0. The standard InChI is InChI=1S/C14H19N3/c1-10(2)13-7-8-17(16-13)14-11(3)5-4-6-12(14)9-15/h4-8,10H,9,15H2,1-3H3. The molecule has 17 heavy (non-hydrogen) atoms. The number of aromatic nitrogens is 2. The van der Waals surface area contributed by atoms with Gasteiger partial charge in [0.1, 0.15) is 0 Å². The van der Waals surface area contributed by atoms with E-state index >= 15 is 0 Å². The third kappa shape index (κ3) is 2.24. The molecular weight excluding hydrogens is 210 g/mol. The smallest absolute Gasteiger partial charge is 0.0719 e. The first-order valence-electron chi connectivity index (χ1n) is 5.98. The van der Waals surface area contributed by atoms with Gasteiger partial charge in [-0.2, -0.15) is 5.10 Å². The molecule has 0 atom stereocenters. The number of hydrogen-bond donors (Lipinski definition) is 1.